The van der Waals surface area contributed by atoms with Crippen molar-refractivity contribution in [1.82, 2.24) is 19.8 Å². The SMILES string of the molecule is N=CC1C=C(CNC2CCN(CC3(O)Cn4c(=O)ccc5ncc(F)c3c54)CC2)C=C2CCOC21. The number of nitrogens with one attached hydrogen (secondary N) is 2. The van der Waals surface area contributed by atoms with E-state index in [1.54, 1.807) is 6.07 Å². The number of aromatic nitrogens is 2. The van der Waals surface area contributed by atoms with Crippen LogP contribution in [0.4, 0.5) is 4.39 Å². The number of pyridine rings is 2. The van der Waals surface area contributed by atoms with Crippen molar-refractivity contribution < 1.29 is 14.2 Å². The molecule has 184 valence electrons. The molecule has 2 saturated heterocycles. The summed E-state index contributed by atoms with van der Waals surface area (Å²) in [4.78, 5) is 18.6. The van der Waals surface area contributed by atoms with E-state index in [0.29, 0.717) is 17.1 Å². The van der Waals surface area contributed by atoms with Crippen molar-refractivity contribution in [2.45, 2.75) is 43.6 Å². The first-order chi connectivity index (χ1) is 16.9. The number of piperidine rings is 1. The van der Waals surface area contributed by atoms with E-state index in [4.69, 9.17) is 10.1 Å². The summed E-state index contributed by atoms with van der Waals surface area (Å²) in [7, 11) is 0. The van der Waals surface area contributed by atoms with Crippen molar-refractivity contribution in [2.75, 3.05) is 32.8 Å². The van der Waals surface area contributed by atoms with E-state index >= 15 is 0 Å². The lowest BCUT2D eigenvalue weighted by molar-refractivity contribution is -0.0158. The normalized spacial score (nSPS) is 28.7. The molecular formula is C26H30FN5O3. The predicted molar refractivity (Wildman–Crippen MR) is 130 cm³/mol. The van der Waals surface area contributed by atoms with Gasteiger partial charge in [0, 0.05) is 37.3 Å². The fraction of sp³-hybridized carbons (Fsp3) is 0.500. The molecule has 6 rings (SSSR count). The van der Waals surface area contributed by atoms with Gasteiger partial charge in [0.05, 0.1) is 42.0 Å². The molecule has 3 aliphatic heterocycles. The summed E-state index contributed by atoms with van der Waals surface area (Å²) < 4.78 is 22.0. The minimum absolute atomic E-state index is 0.0139. The molecule has 3 N–H and O–H groups in total. The highest BCUT2D eigenvalue weighted by Gasteiger charge is 2.43. The fourth-order valence-electron chi connectivity index (χ4n) is 6.17. The predicted octanol–water partition coefficient (Wildman–Crippen LogP) is 1.71. The van der Waals surface area contributed by atoms with Gasteiger partial charge >= 0.3 is 0 Å². The van der Waals surface area contributed by atoms with E-state index < -0.39 is 11.4 Å². The monoisotopic (exact) mass is 479 g/mol. The van der Waals surface area contributed by atoms with Crippen LogP contribution in [0.25, 0.3) is 11.0 Å². The van der Waals surface area contributed by atoms with Crippen LogP contribution in [0, 0.1) is 17.1 Å². The first-order valence-electron chi connectivity index (χ1n) is 12.4. The molecule has 3 unspecified atom stereocenters. The molecule has 9 heteroatoms. The van der Waals surface area contributed by atoms with E-state index in [-0.39, 0.29) is 36.2 Å². The molecule has 4 aliphatic rings. The van der Waals surface area contributed by atoms with Crippen molar-refractivity contribution in [1.29, 1.82) is 5.41 Å². The van der Waals surface area contributed by atoms with Gasteiger partial charge in [0.25, 0.3) is 5.56 Å². The van der Waals surface area contributed by atoms with Gasteiger partial charge in [-0.1, -0.05) is 12.2 Å². The third kappa shape index (κ3) is 3.96. The summed E-state index contributed by atoms with van der Waals surface area (Å²) in [5.41, 5.74) is 1.90. The van der Waals surface area contributed by atoms with Crippen LogP contribution in [0.15, 0.2) is 46.4 Å². The van der Waals surface area contributed by atoms with Crippen LogP contribution in [0.5, 0.6) is 0 Å². The van der Waals surface area contributed by atoms with Crippen molar-refractivity contribution in [3.8, 4) is 0 Å². The van der Waals surface area contributed by atoms with Crippen LogP contribution >= 0.6 is 0 Å². The summed E-state index contributed by atoms with van der Waals surface area (Å²) in [6.07, 6.45) is 9.77. The third-order valence-corrected chi connectivity index (χ3v) is 7.88. The van der Waals surface area contributed by atoms with Crippen LogP contribution in [-0.2, 0) is 16.9 Å². The van der Waals surface area contributed by atoms with Gasteiger partial charge < -0.3 is 25.1 Å². The summed E-state index contributed by atoms with van der Waals surface area (Å²) >= 11 is 0. The number of rotatable bonds is 6. The Balaban J connectivity index is 1.09. The number of halogens is 1. The standard InChI is InChI=1S/C26H30FN5O3/c27-20-13-30-21-1-2-22(33)32-15-26(34,23(20)24(21)32)14-31-6-3-19(4-7-31)29-12-16-9-17-5-8-35-25(17)18(10-16)11-28/h1-2,9-11,13,18-19,25,28-29,34H,3-8,12,14-15H2. The highest BCUT2D eigenvalue weighted by Crippen LogP contribution is 2.38. The summed E-state index contributed by atoms with van der Waals surface area (Å²) in [6, 6.07) is 3.35. The largest absolute Gasteiger partial charge is 0.382 e. The van der Waals surface area contributed by atoms with Gasteiger partial charge in [-0.15, -0.1) is 0 Å². The Bertz CT molecular complexity index is 1300. The molecule has 0 spiro atoms. The number of fused-ring (bicyclic) bond motifs is 1. The van der Waals surface area contributed by atoms with Gasteiger partial charge in [0.1, 0.15) is 11.4 Å². The van der Waals surface area contributed by atoms with Gasteiger partial charge in [0.15, 0.2) is 0 Å². The second-order valence-electron chi connectivity index (χ2n) is 10.2. The Morgan fingerprint density at radius 2 is 2.17 bits per heavy atom. The first kappa shape index (κ1) is 22.7. The lowest BCUT2D eigenvalue weighted by atomic mass is 9.88. The van der Waals surface area contributed by atoms with Crippen molar-refractivity contribution in [3.63, 3.8) is 0 Å². The highest BCUT2D eigenvalue weighted by molar-refractivity contribution is 5.81. The Hall–Kier alpha value is -2.72. The zero-order valence-corrected chi connectivity index (χ0v) is 19.5. The third-order valence-electron chi connectivity index (χ3n) is 7.88. The van der Waals surface area contributed by atoms with Crippen LogP contribution < -0.4 is 10.9 Å². The number of likely N-dealkylation sites (tertiary alicyclic amines) is 1. The van der Waals surface area contributed by atoms with Crippen molar-refractivity contribution in [3.05, 3.63) is 63.4 Å². The van der Waals surface area contributed by atoms with Crippen LogP contribution in [0.1, 0.15) is 24.8 Å². The first-order valence-corrected chi connectivity index (χ1v) is 12.4. The topological polar surface area (TPSA) is 103 Å². The number of ether oxygens (including phenoxy) is 1. The van der Waals surface area contributed by atoms with Gasteiger partial charge in [0.2, 0.25) is 0 Å². The second kappa shape index (κ2) is 8.74. The molecule has 0 bridgehead atoms. The molecule has 2 aromatic rings. The van der Waals surface area contributed by atoms with Gasteiger partial charge in [-0.05, 0) is 49.6 Å². The maximum Gasteiger partial charge on any atom is 0.251 e. The zero-order chi connectivity index (χ0) is 24.2. The number of β-amino-alcohol motifs (C(OH)–C–C–N with tert-alkyl or cyclic N) is 1. The summed E-state index contributed by atoms with van der Waals surface area (Å²) in [6.45, 7) is 3.36. The smallest absolute Gasteiger partial charge is 0.251 e. The lowest BCUT2D eigenvalue weighted by Crippen LogP contribution is -2.49. The fourth-order valence-corrected chi connectivity index (χ4v) is 6.17. The van der Waals surface area contributed by atoms with E-state index in [1.807, 2.05) is 0 Å². The molecule has 0 radical (unpaired) electrons. The lowest BCUT2D eigenvalue weighted by Gasteiger charge is -2.37. The molecule has 0 aromatic carbocycles. The molecular weight excluding hydrogens is 449 g/mol. The number of nitrogens with zero attached hydrogens (tertiary/aromatic N) is 3. The molecule has 8 nitrogen and oxygen atoms in total. The van der Waals surface area contributed by atoms with Crippen LogP contribution in [0.2, 0.25) is 0 Å². The molecule has 5 heterocycles. The Kier molecular flexibility index (Phi) is 5.68. The maximum absolute atomic E-state index is 14.8. The van der Waals surface area contributed by atoms with Crippen molar-refractivity contribution >= 4 is 17.2 Å². The number of aliphatic hydroxyl groups is 1. The van der Waals surface area contributed by atoms with Crippen LogP contribution in [-0.4, -0.2) is 70.7 Å². The number of hydrogen-bond acceptors (Lipinski definition) is 7. The summed E-state index contributed by atoms with van der Waals surface area (Å²) in [5.74, 6) is -0.554. The molecule has 3 atom stereocenters. The average molecular weight is 480 g/mol. The highest BCUT2D eigenvalue weighted by atomic mass is 19.1. The molecule has 2 aromatic heterocycles. The minimum atomic E-state index is -1.46. The maximum atomic E-state index is 14.8. The number of hydrogen-bond donors (Lipinski definition) is 3. The molecule has 1 aliphatic carbocycles. The van der Waals surface area contributed by atoms with Gasteiger partial charge in [-0.2, -0.15) is 0 Å². The van der Waals surface area contributed by atoms with Gasteiger partial charge in [-0.25, -0.2) is 4.39 Å². The average Bonchev–Trinajstić information content (AvgIpc) is 3.45. The van der Waals surface area contributed by atoms with E-state index in [0.717, 1.165) is 51.7 Å². The second-order valence-corrected chi connectivity index (χ2v) is 10.2. The molecule has 0 amide bonds. The minimum Gasteiger partial charge on any atom is -0.382 e. The quantitative estimate of drug-likeness (QED) is 0.545. The van der Waals surface area contributed by atoms with E-state index in [2.05, 4.69) is 27.4 Å². The Labute approximate surface area is 202 Å². The Morgan fingerprint density at radius 1 is 1.34 bits per heavy atom. The molecule has 2 fully saturated rings. The Morgan fingerprint density at radius 3 is 2.97 bits per heavy atom. The summed E-state index contributed by atoms with van der Waals surface area (Å²) in [5, 5.41) is 22.9. The van der Waals surface area contributed by atoms with Gasteiger partial charge in [-0.3, -0.25) is 14.7 Å². The van der Waals surface area contributed by atoms with E-state index in [9.17, 15) is 14.3 Å². The molecule has 35 heavy (non-hydrogen) atoms. The zero-order valence-electron chi connectivity index (χ0n) is 19.5. The van der Waals surface area contributed by atoms with E-state index in [1.165, 1.54) is 28.0 Å². The van der Waals surface area contributed by atoms with Crippen molar-refractivity contribution in [2.24, 2.45) is 5.92 Å². The molecule has 0 saturated carbocycles. The van der Waals surface area contributed by atoms with Crippen LogP contribution in [0.3, 0.4) is 0 Å².